The third kappa shape index (κ3) is 2.39. The maximum absolute atomic E-state index is 12.3. The second kappa shape index (κ2) is 5.56. The second-order valence-corrected chi connectivity index (χ2v) is 4.58. The molecule has 3 aromatic rings. The van der Waals surface area contributed by atoms with Crippen LogP contribution in [0.4, 0.5) is 0 Å². The normalized spacial score (nSPS) is 10.2. The van der Waals surface area contributed by atoms with Crippen molar-refractivity contribution in [3.63, 3.8) is 0 Å². The number of benzene rings is 2. The zero-order valence-corrected chi connectivity index (χ0v) is 11.3. The van der Waals surface area contributed by atoms with E-state index in [4.69, 9.17) is 10.9 Å². The molecule has 0 aliphatic carbocycles. The molecule has 1 aromatic heterocycles. The highest BCUT2D eigenvalue weighted by Gasteiger charge is 2.19. The van der Waals surface area contributed by atoms with Gasteiger partial charge < -0.3 is 4.52 Å². The maximum Gasteiger partial charge on any atom is 0.366 e. The molecule has 0 aliphatic rings. The fourth-order valence-corrected chi connectivity index (χ4v) is 2.35. The zero-order valence-electron chi connectivity index (χ0n) is 11.3. The molecule has 0 unspecified atom stereocenters. The van der Waals surface area contributed by atoms with Gasteiger partial charge in [-0.3, -0.25) is 0 Å². The summed E-state index contributed by atoms with van der Waals surface area (Å²) in [5.74, 6) is 2.52. The molecule has 0 radical (unpaired) electrons. The molecule has 0 N–H and O–H groups in total. The number of aromatic nitrogens is 1. The molecule has 0 atom stereocenters. The molecule has 3 nitrogen and oxygen atoms in total. The van der Waals surface area contributed by atoms with E-state index in [2.05, 4.69) is 5.92 Å². The smallest absolute Gasteiger partial charge is 0.334 e. The van der Waals surface area contributed by atoms with Crippen LogP contribution in [0.5, 0.6) is 0 Å². The van der Waals surface area contributed by atoms with Crippen molar-refractivity contribution in [2.24, 2.45) is 0 Å². The molecule has 3 rings (SSSR count). The largest absolute Gasteiger partial charge is 0.366 e. The first-order chi connectivity index (χ1) is 10.3. The first-order valence-corrected chi connectivity index (χ1v) is 6.59. The molecule has 0 aliphatic heterocycles. The fraction of sp³-hybridized carbons (Fsp3) is 0.0556. The molecule has 0 saturated heterocycles. The second-order valence-electron chi connectivity index (χ2n) is 4.58. The Kier molecular flexibility index (Phi) is 3.44. The summed E-state index contributed by atoms with van der Waals surface area (Å²) in [6, 6.07) is 19.1. The van der Waals surface area contributed by atoms with Crippen molar-refractivity contribution in [1.29, 1.82) is 0 Å². The summed E-state index contributed by atoms with van der Waals surface area (Å²) in [7, 11) is 0. The average Bonchev–Trinajstić information content (AvgIpc) is 2.86. The van der Waals surface area contributed by atoms with Gasteiger partial charge >= 0.3 is 5.63 Å². The predicted molar refractivity (Wildman–Crippen MR) is 82.7 cm³/mol. The minimum atomic E-state index is -0.379. The first-order valence-electron chi connectivity index (χ1n) is 6.59. The van der Waals surface area contributed by atoms with Crippen LogP contribution >= 0.6 is 0 Å². The topological polar surface area (TPSA) is 35.1 Å². The molecule has 1 heterocycles. The molecule has 102 valence electrons. The van der Waals surface area contributed by atoms with E-state index in [1.807, 2.05) is 60.7 Å². The van der Waals surface area contributed by atoms with Crippen LogP contribution in [0.1, 0.15) is 0 Å². The number of terminal acetylenes is 1. The fourth-order valence-electron chi connectivity index (χ4n) is 2.35. The van der Waals surface area contributed by atoms with Gasteiger partial charge in [0.1, 0.15) is 6.54 Å². The molecular weight excluding hydrogens is 262 g/mol. The monoisotopic (exact) mass is 275 g/mol. The molecule has 0 saturated carbocycles. The number of hydrogen-bond donors (Lipinski definition) is 0. The molecule has 0 amide bonds. The summed E-state index contributed by atoms with van der Waals surface area (Å²) in [6.45, 7) is 0.215. The van der Waals surface area contributed by atoms with Crippen LogP contribution in [-0.2, 0) is 6.54 Å². The van der Waals surface area contributed by atoms with E-state index in [0.717, 1.165) is 11.1 Å². The van der Waals surface area contributed by atoms with Crippen molar-refractivity contribution in [3.05, 3.63) is 71.1 Å². The SMILES string of the molecule is C#CCn1oc(=O)c(-c2ccccc2)c1-c1ccccc1. The lowest BCUT2D eigenvalue weighted by atomic mass is 10.0. The lowest BCUT2D eigenvalue weighted by molar-refractivity contribution is 0.276. The maximum atomic E-state index is 12.3. The van der Waals surface area contributed by atoms with E-state index in [1.54, 1.807) is 0 Å². The van der Waals surface area contributed by atoms with E-state index in [0.29, 0.717) is 11.3 Å². The first kappa shape index (κ1) is 13.0. The van der Waals surface area contributed by atoms with Gasteiger partial charge in [-0.05, 0) is 5.56 Å². The van der Waals surface area contributed by atoms with Crippen LogP contribution < -0.4 is 5.63 Å². The Bertz CT molecular complexity index is 836. The van der Waals surface area contributed by atoms with Gasteiger partial charge in [0.15, 0.2) is 0 Å². The van der Waals surface area contributed by atoms with Gasteiger partial charge in [-0.25, -0.2) is 4.79 Å². The summed E-state index contributed by atoms with van der Waals surface area (Å²) >= 11 is 0. The lowest BCUT2D eigenvalue weighted by Gasteiger charge is -2.06. The molecule has 2 aromatic carbocycles. The lowest BCUT2D eigenvalue weighted by Crippen LogP contribution is -1.97. The van der Waals surface area contributed by atoms with Gasteiger partial charge in [0.25, 0.3) is 0 Å². The zero-order chi connectivity index (χ0) is 14.7. The van der Waals surface area contributed by atoms with Crippen LogP contribution in [0.15, 0.2) is 70.0 Å². The van der Waals surface area contributed by atoms with Crippen LogP contribution in [0.25, 0.3) is 22.4 Å². The summed E-state index contributed by atoms with van der Waals surface area (Å²) in [6.07, 6.45) is 5.37. The van der Waals surface area contributed by atoms with Crippen molar-refractivity contribution in [1.82, 2.24) is 4.74 Å². The van der Waals surface area contributed by atoms with Crippen molar-refractivity contribution in [3.8, 4) is 34.7 Å². The highest BCUT2D eigenvalue weighted by Crippen LogP contribution is 2.29. The molecule has 3 heteroatoms. The molecular formula is C18H13NO2. The Balaban J connectivity index is 2.30. The van der Waals surface area contributed by atoms with Gasteiger partial charge in [0, 0.05) is 5.56 Å². The van der Waals surface area contributed by atoms with E-state index in [1.165, 1.54) is 4.74 Å². The standard InChI is InChI=1S/C18H13NO2/c1-2-13-19-17(15-11-7-4-8-12-15)16(18(20)21-19)14-9-5-3-6-10-14/h1,3-12H,13H2. The van der Waals surface area contributed by atoms with Gasteiger partial charge in [0.2, 0.25) is 0 Å². The predicted octanol–water partition coefficient (Wildman–Crippen LogP) is 3.41. The molecule has 21 heavy (non-hydrogen) atoms. The number of nitrogens with zero attached hydrogens (tertiary/aromatic N) is 1. The van der Waals surface area contributed by atoms with Crippen LogP contribution in [0, 0.1) is 12.3 Å². The van der Waals surface area contributed by atoms with Crippen molar-refractivity contribution < 1.29 is 4.52 Å². The Morgan fingerprint density at radius 3 is 2.10 bits per heavy atom. The number of hydrogen-bond acceptors (Lipinski definition) is 2. The Hall–Kier alpha value is -2.99. The third-order valence-electron chi connectivity index (χ3n) is 3.23. The Morgan fingerprint density at radius 1 is 0.952 bits per heavy atom. The van der Waals surface area contributed by atoms with Crippen molar-refractivity contribution in [2.45, 2.75) is 6.54 Å². The number of rotatable bonds is 3. The summed E-state index contributed by atoms with van der Waals surface area (Å²) in [4.78, 5) is 12.3. The summed E-state index contributed by atoms with van der Waals surface area (Å²) in [5, 5.41) is 0. The molecule has 0 fully saturated rings. The minimum absolute atomic E-state index is 0.215. The molecule has 0 spiro atoms. The van der Waals surface area contributed by atoms with Crippen LogP contribution in [-0.4, -0.2) is 4.74 Å². The Morgan fingerprint density at radius 2 is 1.52 bits per heavy atom. The minimum Gasteiger partial charge on any atom is -0.334 e. The van der Waals surface area contributed by atoms with Gasteiger partial charge in [-0.2, -0.15) is 4.74 Å². The quantitative estimate of drug-likeness (QED) is 0.687. The molecule has 0 bridgehead atoms. The van der Waals surface area contributed by atoms with E-state index >= 15 is 0 Å². The summed E-state index contributed by atoms with van der Waals surface area (Å²) in [5.41, 5.74) is 2.59. The van der Waals surface area contributed by atoms with Crippen LogP contribution in [0.3, 0.4) is 0 Å². The average molecular weight is 275 g/mol. The highest BCUT2D eigenvalue weighted by atomic mass is 16.5. The van der Waals surface area contributed by atoms with Crippen molar-refractivity contribution in [2.75, 3.05) is 0 Å². The van der Waals surface area contributed by atoms with Crippen molar-refractivity contribution >= 4 is 0 Å². The van der Waals surface area contributed by atoms with E-state index < -0.39 is 0 Å². The van der Waals surface area contributed by atoms with E-state index in [9.17, 15) is 4.79 Å². The summed E-state index contributed by atoms with van der Waals surface area (Å²) < 4.78 is 6.79. The van der Waals surface area contributed by atoms with Gasteiger partial charge in [-0.15, -0.1) is 6.42 Å². The van der Waals surface area contributed by atoms with Gasteiger partial charge in [-0.1, -0.05) is 66.6 Å². The van der Waals surface area contributed by atoms with Gasteiger partial charge in [0.05, 0.1) is 11.3 Å². The highest BCUT2D eigenvalue weighted by molar-refractivity contribution is 5.80. The van der Waals surface area contributed by atoms with Crippen LogP contribution in [0.2, 0.25) is 0 Å². The van der Waals surface area contributed by atoms with E-state index in [-0.39, 0.29) is 12.2 Å². The Labute approximate surface area is 122 Å². The third-order valence-corrected chi connectivity index (χ3v) is 3.23.